The number of hydrogen-bond acceptors (Lipinski definition) is 5. The molecule has 2 heterocycles. The number of H-pyrrole nitrogens is 1. The van der Waals surface area contributed by atoms with E-state index in [0.717, 1.165) is 9.35 Å². The molecule has 0 atom stereocenters. The third-order valence-corrected chi connectivity index (χ3v) is 4.90. The van der Waals surface area contributed by atoms with E-state index >= 15 is 0 Å². The van der Waals surface area contributed by atoms with Crippen molar-refractivity contribution in [3.8, 4) is 0 Å². The van der Waals surface area contributed by atoms with Crippen molar-refractivity contribution in [3.05, 3.63) is 42.5 Å². The monoisotopic (exact) mass is 360 g/mol. The molecule has 19 heavy (non-hydrogen) atoms. The Kier molecular flexibility index (Phi) is 4.43. The van der Waals surface area contributed by atoms with E-state index in [-0.39, 0.29) is 10.6 Å². The zero-order chi connectivity index (χ0) is 14.0. The smallest absolute Gasteiger partial charge is 0.346 e. The molecule has 0 aromatic carbocycles. The average Bonchev–Trinajstić information content (AvgIpc) is 2.71. The lowest BCUT2D eigenvalue weighted by molar-refractivity contribution is 0.0690. The van der Waals surface area contributed by atoms with Gasteiger partial charge in [0, 0.05) is 11.4 Å². The molecule has 5 nitrogen and oxygen atoms in total. The molecule has 2 aromatic heterocycles. The van der Waals surface area contributed by atoms with Crippen LogP contribution in [0.25, 0.3) is 0 Å². The highest BCUT2D eigenvalue weighted by Crippen LogP contribution is 2.28. The van der Waals surface area contributed by atoms with Crippen molar-refractivity contribution in [2.45, 2.75) is 17.7 Å². The zero-order valence-electron chi connectivity index (χ0n) is 9.77. The molecule has 2 N–H and O–H groups in total. The highest BCUT2D eigenvalue weighted by molar-refractivity contribution is 9.11. The Hall–Kier alpha value is -1.12. The third-order valence-electron chi connectivity index (χ3n) is 2.30. The minimum Gasteiger partial charge on any atom is -0.478 e. The fraction of sp³-hybridized carbons (Fsp3) is 0.182. The van der Waals surface area contributed by atoms with Crippen molar-refractivity contribution in [1.29, 1.82) is 0 Å². The largest absolute Gasteiger partial charge is 0.478 e. The first-order valence-corrected chi connectivity index (χ1v) is 7.83. The Balaban J connectivity index is 2.28. The number of aromatic carboxylic acids is 1. The summed E-state index contributed by atoms with van der Waals surface area (Å²) in [6, 6.07) is 1.96. The Morgan fingerprint density at radius 1 is 1.63 bits per heavy atom. The molecular formula is C11H9BrN2O3S2. The van der Waals surface area contributed by atoms with Gasteiger partial charge < -0.3 is 10.1 Å². The molecule has 0 spiro atoms. The van der Waals surface area contributed by atoms with Crippen LogP contribution in [0.3, 0.4) is 0 Å². The van der Waals surface area contributed by atoms with Crippen LogP contribution in [-0.4, -0.2) is 21.0 Å². The van der Waals surface area contributed by atoms with Crippen molar-refractivity contribution in [3.63, 3.8) is 0 Å². The highest BCUT2D eigenvalue weighted by atomic mass is 79.9. The summed E-state index contributed by atoms with van der Waals surface area (Å²) in [5.74, 6) is -0.520. The van der Waals surface area contributed by atoms with Crippen LogP contribution in [0, 0.1) is 6.92 Å². The topological polar surface area (TPSA) is 83.0 Å². The number of aryl methyl sites for hydroxylation is 1. The maximum absolute atomic E-state index is 11.3. The first kappa shape index (κ1) is 14.3. The summed E-state index contributed by atoms with van der Waals surface area (Å²) < 4.78 is 1.01. The molecule has 0 amide bonds. The zero-order valence-corrected chi connectivity index (χ0v) is 13.0. The summed E-state index contributed by atoms with van der Waals surface area (Å²) in [6.07, 6.45) is 0. The second kappa shape index (κ2) is 5.89. The lowest BCUT2D eigenvalue weighted by atomic mass is 10.2. The van der Waals surface area contributed by atoms with Crippen molar-refractivity contribution >= 4 is 45.0 Å². The summed E-state index contributed by atoms with van der Waals surface area (Å²) in [5, 5.41) is 11.4. The second-order valence-electron chi connectivity index (χ2n) is 3.70. The molecule has 0 aliphatic carbocycles. The summed E-state index contributed by atoms with van der Waals surface area (Å²) in [6.45, 7) is 1.55. The van der Waals surface area contributed by atoms with Gasteiger partial charge in [-0.1, -0.05) is 0 Å². The minimum absolute atomic E-state index is 0.0545. The van der Waals surface area contributed by atoms with E-state index in [0.29, 0.717) is 11.4 Å². The maximum Gasteiger partial charge on any atom is 0.346 e. The first-order valence-electron chi connectivity index (χ1n) is 5.17. The van der Waals surface area contributed by atoms with Gasteiger partial charge in [0.2, 0.25) is 0 Å². The lowest BCUT2D eigenvalue weighted by Crippen LogP contribution is -2.18. The molecule has 0 radical (unpaired) electrons. The van der Waals surface area contributed by atoms with Crippen molar-refractivity contribution in [1.82, 2.24) is 9.97 Å². The van der Waals surface area contributed by atoms with Gasteiger partial charge in [-0.15, -0.1) is 23.1 Å². The normalized spacial score (nSPS) is 10.6. The van der Waals surface area contributed by atoms with Gasteiger partial charge >= 0.3 is 11.7 Å². The van der Waals surface area contributed by atoms with Gasteiger partial charge in [0.25, 0.3) is 0 Å². The van der Waals surface area contributed by atoms with Gasteiger partial charge in [0.05, 0.1) is 3.79 Å². The van der Waals surface area contributed by atoms with E-state index in [9.17, 15) is 9.59 Å². The van der Waals surface area contributed by atoms with Crippen LogP contribution >= 0.6 is 39.0 Å². The van der Waals surface area contributed by atoms with Gasteiger partial charge in [0.1, 0.15) is 10.6 Å². The van der Waals surface area contributed by atoms with Crippen LogP contribution in [-0.2, 0) is 5.75 Å². The standard InChI is InChI=1S/C11H9BrN2O3S2/c1-5-8(10(15)16)9(14-11(17)13-5)19-4-6-2-7(12)18-3-6/h2-3H,4H2,1H3,(H,15,16)(H,13,14,17). The van der Waals surface area contributed by atoms with Crippen LogP contribution < -0.4 is 5.69 Å². The molecule has 0 fully saturated rings. The molecule has 0 saturated heterocycles. The number of hydrogen-bond donors (Lipinski definition) is 2. The summed E-state index contributed by atoms with van der Waals surface area (Å²) in [4.78, 5) is 28.6. The number of carbonyl (C=O) groups is 1. The predicted molar refractivity (Wildman–Crippen MR) is 78.1 cm³/mol. The van der Waals surface area contributed by atoms with Gasteiger partial charge in [0.15, 0.2) is 0 Å². The molecular weight excluding hydrogens is 352 g/mol. The van der Waals surface area contributed by atoms with Gasteiger partial charge in [-0.05, 0) is 39.9 Å². The van der Waals surface area contributed by atoms with Crippen LogP contribution in [0.4, 0.5) is 0 Å². The summed E-state index contributed by atoms with van der Waals surface area (Å²) >= 11 is 6.16. The fourth-order valence-corrected chi connectivity index (χ4v) is 3.81. The lowest BCUT2D eigenvalue weighted by Gasteiger charge is -2.06. The number of nitrogens with one attached hydrogen (secondary N) is 1. The molecule has 0 unspecified atom stereocenters. The second-order valence-corrected chi connectivity index (χ2v) is 6.95. The number of thiophene rings is 1. The molecule has 8 heteroatoms. The predicted octanol–water partition coefficient (Wildman–Crippen LogP) is 2.89. The van der Waals surface area contributed by atoms with Crippen molar-refractivity contribution in [2.75, 3.05) is 0 Å². The molecule has 0 aliphatic rings. The Bertz CT molecular complexity index is 681. The first-order chi connectivity index (χ1) is 8.97. The van der Waals surface area contributed by atoms with Crippen molar-refractivity contribution in [2.24, 2.45) is 0 Å². The van der Waals surface area contributed by atoms with Crippen LogP contribution in [0.15, 0.2) is 25.1 Å². The number of rotatable bonds is 4. The average molecular weight is 361 g/mol. The number of halogens is 1. The Morgan fingerprint density at radius 3 is 2.95 bits per heavy atom. The van der Waals surface area contributed by atoms with Crippen LogP contribution in [0.2, 0.25) is 0 Å². The minimum atomic E-state index is -1.09. The summed E-state index contributed by atoms with van der Waals surface area (Å²) in [5.41, 5.74) is 0.898. The molecule has 100 valence electrons. The summed E-state index contributed by atoms with van der Waals surface area (Å²) in [7, 11) is 0. The van der Waals surface area contributed by atoms with E-state index in [1.807, 2.05) is 11.4 Å². The van der Waals surface area contributed by atoms with Gasteiger partial charge in [-0.25, -0.2) is 9.59 Å². The number of carboxylic acids is 1. The van der Waals surface area contributed by atoms with Gasteiger partial charge in [-0.3, -0.25) is 0 Å². The van der Waals surface area contributed by atoms with E-state index in [1.165, 1.54) is 11.8 Å². The number of carboxylic acid groups (broad SMARTS) is 1. The van der Waals surface area contributed by atoms with E-state index in [4.69, 9.17) is 5.11 Å². The van der Waals surface area contributed by atoms with Crippen LogP contribution in [0.1, 0.15) is 21.6 Å². The molecule has 2 aromatic rings. The number of aromatic nitrogens is 2. The Labute approximate surface area is 125 Å². The molecule has 0 bridgehead atoms. The SMILES string of the molecule is Cc1[nH]c(=O)nc(SCc2csc(Br)c2)c1C(=O)O. The van der Waals surface area contributed by atoms with E-state index in [1.54, 1.807) is 18.3 Å². The number of thioether (sulfide) groups is 1. The van der Waals surface area contributed by atoms with Crippen LogP contribution in [0.5, 0.6) is 0 Å². The quantitative estimate of drug-likeness (QED) is 0.646. The van der Waals surface area contributed by atoms with E-state index in [2.05, 4.69) is 25.9 Å². The number of aromatic amines is 1. The van der Waals surface area contributed by atoms with Gasteiger partial charge in [-0.2, -0.15) is 4.98 Å². The fourth-order valence-electron chi connectivity index (χ4n) is 1.49. The molecule has 2 rings (SSSR count). The molecule has 0 aliphatic heterocycles. The number of nitrogens with zero attached hydrogens (tertiary/aromatic N) is 1. The Morgan fingerprint density at radius 2 is 2.37 bits per heavy atom. The van der Waals surface area contributed by atoms with Crippen molar-refractivity contribution < 1.29 is 9.90 Å². The molecule has 0 saturated carbocycles. The van der Waals surface area contributed by atoms with E-state index < -0.39 is 11.7 Å². The highest BCUT2D eigenvalue weighted by Gasteiger charge is 2.17. The maximum atomic E-state index is 11.3. The third kappa shape index (κ3) is 3.46.